The Kier molecular flexibility index (Phi) is 5.15. The molecule has 1 unspecified atom stereocenters. The van der Waals surface area contributed by atoms with Gasteiger partial charge in [0.1, 0.15) is 0 Å². The molecule has 0 N–H and O–H groups in total. The standard InChI is InChI=1S/C19H22O2/c1-14-7-6-9-16(13-14)18(11-12-19(20)21-3)17-10-5-4-8-15(17)2/h4-10,13,18H,11-12H2,1-3H3. The Morgan fingerprint density at radius 3 is 2.52 bits per heavy atom. The van der Waals surface area contributed by atoms with Crippen molar-refractivity contribution in [3.05, 3.63) is 70.8 Å². The van der Waals surface area contributed by atoms with Crippen LogP contribution >= 0.6 is 0 Å². The van der Waals surface area contributed by atoms with Gasteiger partial charge in [-0.2, -0.15) is 0 Å². The van der Waals surface area contributed by atoms with Crippen LogP contribution in [0.4, 0.5) is 0 Å². The topological polar surface area (TPSA) is 26.3 Å². The zero-order valence-corrected chi connectivity index (χ0v) is 12.9. The fourth-order valence-electron chi connectivity index (χ4n) is 2.73. The molecule has 0 aromatic heterocycles. The Hall–Kier alpha value is -2.09. The first-order valence-corrected chi connectivity index (χ1v) is 7.30. The van der Waals surface area contributed by atoms with Crippen LogP contribution < -0.4 is 0 Å². The SMILES string of the molecule is COC(=O)CCC(c1cccc(C)c1)c1ccccc1C. The van der Waals surface area contributed by atoms with Crippen LogP contribution in [0.3, 0.4) is 0 Å². The first-order chi connectivity index (χ1) is 10.1. The summed E-state index contributed by atoms with van der Waals surface area (Å²) in [5.41, 5.74) is 5.04. The molecule has 0 aliphatic heterocycles. The average molecular weight is 282 g/mol. The lowest BCUT2D eigenvalue weighted by Crippen LogP contribution is -2.08. The number of hydrogen-bond donors (Lipinski definition) is 0. The molecule has 0 bridgehead atoms. The molecule has 0 saturated carbocycles. The minimum Gasteiger partial charge on any atom is -0.469 e. The predicted octanol–water partition coefficient (Wildman–Crippen LogP) is 4.39. The average Bonchev–Trinajstić information content (AvgIpc) is 2.49. The van der Waals surface area contributed by atoms with Gasteiger partial charge in [-0.15, -0.1) is 0 Å². The molecule has 0 aliphatic rings. The molecule has 2 aromatic carbocycles. The lowest BCUT2D eigenvalue weighted by molar-refractivity contribution is -0.140. The van der Waals surface area contributed by atoms with Crippen molar-refractivity contribution in [2.75, 3.05) is 7.11 Å². The first kappa shape index (κ1) is 15.3. The van der Waals surface area contributed by atoms with Gasteiger partial charge in [-0.3, -0.25) is 4.79 Å². The highest BCUT2D eigenvalue weighted by atomic mass is 16.5. The van der Waals surface area contributed by atoms with E-state index in [0.29, 0.717) is 6.42 Å². The van der Waals surface area contributed by atoms with Gasteiger partial charge in [-0.1, -0.05) is 54.1 Å². The van der Waals surface area contributed by atoms with Gasteiger partial charge in [0.2, 0.25) is 0 Å². The summed E-state index contributed by atoms with van der Waals surface area (Å²) >= 11 is 0. The second kappa shape index (κ2) is 7.07. The van der Waals surface area contributed by atoms with E-state index in [2.05, 4.69) is 56.3 Å². The third-order valence-corrected chi connectivity index (χ3v) is 3.87. The maximum atomic E-state index is 11.5. The van der Waals surface area contributed by atoms with Crippen LogP contribution in [-0.2, 0) is 9.53 Å². The Morgan fingerprint density at radius 2 is 1.86 bits per heavy atom. The van der Waals surface area contributed by atoms with Crippen LogP contribution in [0.1, 0.15) is 41.0 Å². The molecule has 2 rings (SSSR count). The van der Waals surface area contributed by atoms with Crippen molar-refractivity contribution in [2.45, 2.75) is 32.6 Å². The lowest BCUT2D eigenvalue weighted by Gasteiger charge is -2.20. The van der Waals surface area contributed by atoms with Crippen molar-refractivity contribution in [3.63, 3.8) is 0 Å². The number of rotatable bonds is 5. The maximum Gasteiger partial charge on any atom is 0.305 e. The molecule has 110 valence electrons. The van der Waals surface area contributed by atoms with Crippen LogP contribution in [0.5, 0.6) is 0 Å². The summed E-state index contributed by atoms with van der Waals surface area (Å²) in [5, 5.41) is 0. The third kappa shape index (κ3) is 3.94. The van der Waals surface area contributed by atoms with E-state index in [-0.39, 0.29) is 11.9 Å². The number of aryl methyl sites for hydroxylation is 2. The van der Waals surface area contributed by atoms with Gasteiger partial charge in [0.05, 0.1) is 7.11 Å². The smallest absolute Gasteiger partial charge is 0.305 e. The van der Waals surface area contributed by atoms with Crippen molar-refractivity contribution in [1.29, 1.82) is 0 Å². The third-order valence-electron chi connectivity index (χ3n) is 3.87. The minimum atomic E-state index is -0.152. The number of ether oxygens (including phenoxy) is 1. The van der Waals surface area contributed by atoms with Crippen LogP contribution in [-0.4, -0.2) is 13.1 Å². The molecule has 0 spiro atoms. The fourth-order valence-corrected chi connectivity index (χ4v) is 2.73. The van der Waals surface area contributed by atoms with E-state index in [1.807, 2.05) is 6.07 Å². The van der Waals surface area contributed by atoms with Gasteiger partial charge in [-0.05, 0) is 37.0 Å². The van der Waals surface area contributed by atoms with Crippen LogP contribution in [0.15, 0.2) is 48.5 Å². The first-order valence-electron chi connectivity index (χ1n) is 7.30. The molecule has 2 nitrogen and oxygen atoms in total. The molecule has 1 atom stereocenters. The van der Waals surface area contributed by atoms with Gasteiger partial charge < -0.3 is 4.74 Å². The van der Waals surface area contributed by atoms with Crippen LogP contribution in [0.2, 0.25) is 0 Å². The largest absolute Gasteiger partial charge is 0.469 e. The second-order valence-corrected chi connectivity index (χ2v) is 5.44. The number of methoxy groups -OCH3 is 1. The zero-order chi connectivity index (χ0) is 15.2. The van der Waals surface area contributed by atoms with Gasteiger partial charge >= 0.3 is 5.97 Å². The number of hydrogen-bond acceptors (Lipinski definition) is 2. The Labute approximate surface area is 126 Å². The molecule has 0 fully saturated rings. The Morgan fingerprint density at radius 1 is 1.10 bits per heavy atom. The molecule has 0 aliphatic carbocycles. The van der Waals surface area contributed by atoms with Crippen molar-refractivity contribution in [3.8, 4) is 0 Å². The number of carbonyl (C=O) groups excluding carboxylic acids is 1. The van der Waals surface area contributed by atoms with E-state index in [1.54, 1.807) is 0 Å². The molecule has 21 heavy (non-hydrogen) atoms. The molecule has 2 heteroatoms. The normalized spacial score (nSPS) is 12.0. The number of benzene rings is 2. The zero-order valence-electron chi connectivity index (χ0n) is 12.9. The van der Waals surface area contributed by atoms with Crippen molar-refractivity contribution in [1.82, 2.24) is 0 Å². The minimum absolute atomic E-state index is 0.152. The quantitative estimate of drug-likeness (QED) is 0.760. The van der Waals surface area contributed by atoms with Crippen molar-refractivity contribution < 1.29 is 9.53 Å². The fraction of sp³-hybridized carbons (Fsp3) is 0.316. The number of carbonyl (C=O) groups is 1. The monoisotopic (exact) mass is 282 g/mol. The summed E-state index contributed by atoms with van der Waals surface area (Å²) in [7, 11) is 1.44. The highest BCUT2D eigenvalue weighted by molar-refractivity contribution is 5.69. The molecular weight excluding hydrogens is 260 g/mol. The Bertz CT molecular complexity index is 616. The van der Waals surface area contributed by atoms with Gasteiger partial charge in [-0.25, -0.2) is 0 Å². The summed E-state index contributed by atoms with van der Waals surface area (Å²) < 4.78 is 4.79. The van der Waals surface area contributed by atoms with Gasteiger partial charge in [0.25, 0.3) is 0 Å². The second-order valence-electron chi connectivity index (χ2n) is 5.44. The van der Waals surface area contributed by atoms with Crippen molar-refractivity contribution >= 4 is 5.97 Å². The molecule has 0 heterocycles. The summed E-state index contributed by atoms with van der Waals surface area (Å²) in [5.74, 6) is 0.0754. The molecule has 0 amide bonds. The molecule has 0 radical (unpaired) electrons. The van der Waals surface area contributed by atoms with E-state index in [4.69, 9.17) is 4.74 Å². The van der Waals surface area contributed by atoms with E-state index in [1.165, 1.54) is 29.4 Å². The summed E-state index contributed by atoms with van der Waals surface area (Å²) in [6.07, 6.45) is 1.20. The van der Waals surface area contributed by atoms with Gasteiger partial charge in [0.15, 0.2) is 0 Å². The summed E-state index contributed by atoms with van der Waals surface area (Å²) in [6, 6.07) is 16.9. The molecule has 2 aromatic rings. The van der Waals surface area contributed by atoms with E-state index < -0.39 is 0 Å². The summed E-state index contributed by atoms with van der Waals surface area (Å²) in [4.78, 5) is 11.5. The highest BCUT2D eigenvalue weighted by Gasteiger charge is 2.17. The lowest BCUT2D eigenvalue weighted by atomic mass is 9.84. The van der Waals surface area contributed by atoms with Gasteiger partial charge in [0, 0.05) is 12.3 Å². The van der Waals surface area contributed by atoms with E-state index >= 15 is 0 Å². The van der Waals surface area contributed by atoms with Crippen molar-refractivity contribution in [2.24, 2.45) is 0 Å². The van der Waals surface area contributed by atoms with Crippen LogP contribution in [0.25, 0.3) is 0 Å². The predicted molar refractivity (Wildman–Crippen MR) is 85.5 cm³/mol. The molecule has 0 saturated heterocycles. The Balaban J connectivity index is 2.35. The highest BCUT2D eigenvalue weighted by Crippen LogP contribution is 2.31. The summed E-state index contributed by atoms with van der Waals surface area (Å²) in [6.45, 7) is 4.22. The van der Waals surface area contributed by atoms with E-state index in [0.717, 1.165) is 6.42 Å². The number of esters is 1. The maximum absolute atomic E-state index is 11.5. The van der Waals surface area contributed by atoms with Crippen LogP contribution in [0, 0.1) is 13.8 Å². The van der Waals surface area contributed by atoms with E-state index in [9.17, 15) is 4.79 Å². The molecular formula is C19H22O2.